The monoisotopic (exact) mass is 417 g/mol. The summed E-state index contributed by atoms with van der Waals surface area (Å²) in [6.45, 7) is 1.65. The van der Waals surface area contributed by atoms with Crippen molar-refractivity contribution in [2.75, 3.05) is 5.32 Å². The number of rotatable bonds is 5. The predicted molar refractivity (Wildman–Crippen MR) is 113 cm³/mol. The normalized spacial score (nSPS) is 10.7. The molecule has 148 valence electrons. The molecule has 0 spiro atoms. The first kappa shape index (κ1) is 19.3. The molecule has 0 unspecified atom stereocenters. The molecule has 1 amide bonds. The Bertz CT molecular complexity index is 1320. The smallest absolute Gasteiger partial charge is 0.287 e. The molecule has 0 aliphatic carbocycles. The second kappa shape index (κ2) is 7.77. The highest BCUT2D eigenvalue weighted by Gasteiger charge is 2.18. The molecular formula is C21H15N5O3S. The third-order valence-corrected chi connectivity index (χ3v) is 5.52. The maximum absolute atomic E-state index is 12.6. The standard InChI is InChI=1S/C21H15N5O3S/c1-13-7-19(26(28)29)15(10-22)8-17(13)23-20(27)9-16-12-30-21-24-18(11-25(16)21)14-5-3-2-4-6-14/h2-8,11-12H,9H2,1H3,(H,23,27). The Hall–Kier alpha value is -4.03. The quantitative estimate of drug-likeness (QED) is 0.383. The van der Waals surface area contributed by atoms with Gasteiger partial charge in [0.25, 0.3) is 5.69 Å². The highest BCUT2D eigenvalue weighted by Crippen LogP contribution is 2.27. The Morgan fingerprint density at radius 1 is 1.33 bits per heavy atom. The molecule has 0 saturated carbocycles. The van der Waals surface area contributed by atoms with E-state index >= 15 is 0 Å². The number of carbonyl (C=O) groups is 1. The van der Waals surface area contributed by atoms with Crippen molar-refractivity contribution in [2.24, 2.45) is 0 Å². The van der Waals surface area contributed by atoms with Gasteiger partial charge in [0.05, 0.1) is 17.0 Å². The number of nitro benzene ring substituents is 1. The molecule has 0 aliphatic rings. The van der Waals surface area contributed by atoms with Crippen LogP contribution in [0.4, 0.5) is 11.4 Å². The summed E-state index contributed by atoms with van der Waals surface area (Å²) in [4.78, 5) is 28.5. The minimum absolute atomic E-state index is 0.0964. The summed E-state index contributed by atoms with van der Waals surface area (Å²) >= 11 is 1.45. The molecule has 0 atom stereocenters. The average Bonchev–Trinajstić information content (AvgIpc) is 3.32. The first-order chi connectivity index (χ1) is 14.5. The Kier molecular flexibility index (Phi) is 5.00. The lowest BCUT2D eigenvalue weighted by molar-refractivity contribution is -0.385. The molecule has 4 rings (SSSR count). The van der Waals surface area contributed by atoms with Gasteiger partial charge in [0.2, 0.25) is 5.91 Å². The van der Waals surface area contributed by atoms with Crippen molar-refractivity contribution in [2.45, 2.75) is 13.3 Å². The summed E-state index contributed by atoms with van der Waals surface area (Å²) in [6.07, 6.45) is 2.00. The van der Waals surface area contributed by atoms with Gasteiger partial charge in [0.15, 0.2) is 4.96 Å². The van der Waals surface area contributed by atoms with Crippen LogP contribution in [0.2, 0.25) is 0 Å². The molecule has 2 aromatic carbocycles. The number of hydrogen-bond donors (Lipinski definition) is 1. The molecule has 0 radical (unpaired) electrons. The number of amides is 1. The van der Waals surface area contributed by atoms with E-state index in [1.54, 1.807) is 13.0 Å². The summed E-state index contributed by atoms with van der Waals surface area (Å²) in [5.74, 6) is -0.287. The van der Waals surface area contributed by atoms with Gasteiger partial charge in [-0.15, -0.1) is 11.3 Å². The van der Waals surface area contributed by atoms with Crippen molar-refractivity contribution in [3.8, 4) is 17.3 Å². The van der Waals surface area contributed by atoms with E-state index in [0.717, 1.165) is 21.9 Å². The number of carbonyl (C=O) groups excluding carboxylic acids is 1. The van der Waals surface area contributed by atoms with E-state index in [2.05, 4.69) is 10.3 Å². The lowest BCUT2D eigenvalue weighted by Gasteiger charge is -2.09. The average molecular weight is 417 g/mol. The van der Waals surface area contributed by atoms with Crippen LogP contribution in [0.1, 0.15) is 16.8 Å². The summed E-state index contributed by atoms with van der Waals surface area (Å²) < 4.78 is 1.88. The lowest BCUT2D eigenvalue weighted by atomic mass is 10.1. The Labute approximate surface area is 175 Å². The molecule has 8 nitrogen and oxygen atoms in total. The number of nitro groups is 1. The van der Waals surface area contributed by atoms with Crippen molar-refractivity contribution in [3.63, 3.8) is 0 Å². The van der Waals surface area contributed by atoms with E-state index in [-0.39, 0.29) is 23.6 Å². The summed E-state index contributed by atoms with van der Waals surface area (Å²) in [6, 6.07) is 14.2. The van der Waals surface area contributed by atoms with Crippen LogP contribution in [0.3, 0.4) is 0 Å². The number of imidazole rings is 1. The van der Waals surface area contributed by atoms with Gasteiger partial charge in [0.1, 0.15) is 11.6 Å². The number of nitriles is 1. The van der Waals surface area contributed by atoms with Crippen molar-refractivity contribution in [1.82, 2.24) is 9.38 Å². The van der Waals surface area contributed by atoms with E-state index in [1.165, 1.54) is 23.5 Å². The zero-order chi connectivity index (χ0) is 21.3. The van der Waals surface area contributed by atoms with Crippen molar-refractivity contribution in [3.05, 3.63) is 81.0 Å². The topological polar surface area (TPSA) is 113 Å². The van der Waals surface area contributed by atoms with Crippen LogP contribution in [-0.2, 0) is 11.2 Å². The molecule has 30 heavy (non-hydrogen) atoms. The zero-order valence-electron chi connectivity index (χ0n) is 15.8. The van der Waals surface area contributed by atoms with Gasteiger partial charge < -0.3 is 5.32 Å². The van der Waals surface area contributed by atoms with E-state index in [4.69, 9.17) is 5.26 Å². The van der Waals surface area contributed by atoms with Gasteiger partial charge in [-0.3, -0.25) is 19.3 Å². The van der Waals surface area contributed by atoms with Crippen LogP contribution in [0.25, 0.3) is 16.2 Å². The molecule has 0 aliphatic heterocycles. The van der Waals surface area contributed by atoms with Crippen LogP contribution >= 0.6 is 11.3 Å². The van der Waals surface area contributed by atoms with E-state index in [0.29, 0.717) is 11.3 Å². The lowest BCUT2D eigenvalue weighted by Crippen LogP contribution is -2.16. The van der Waals surface area contributed by atoms with Gasteiger partial charge >= 0.3 is 0 Å². The van der Waals surface area contributed by atoms with Crippen LogP contribution in [-0.4, -0.2) is 20.2 Å². The van der Waals surface area contributed by atoms with Crippen molar-refractivity contribution in [1.29, 1.82) is 5.26 Å². The van der Waals surface area contributed by atoms with Gasteiger partial charge in [-0.25, -0.2) is 4.98 Å². The molecule has 2 heterocycles. The molecule has 4 aromatic rings. The number of nitrogens with one attached hydrogen (secondary N) is 1. The summed E-state index contributed by atoms with van der Waals surface area (Å²) in [7, 11) is 0. The maximum Gasteiger partial charge on any atom is 0.287 e. The minimum Gasteiger partial charge on any atom is -0.325 e. The molecule has 0 fully saturated rings. The number of nitrogens with zero attached hydrogens (tertiary/aromatic N) is 4. The number of thiazole rings is 1. The van der Waals surface area contributed by atoms with Crippen LogP contribution in [0.5, 0.6) is 0 Å². The minimum atomic E-state index is -0.609. The number of fused-ring (bicyclic) bond motifs is 1. The Morgan fingerprint density at radius 2 is 2.10 bits per heavy atom. The number of anilines is 1. The van der Waals surface area contributed by atoms with E-state index in [1.807, 2.05) is 46.3 Å². The molecule has 0 saturated heterocycles. The molecule has 0 bridgehead atoms. The van der Waals surface area contributed by atoms with Gasteiger partial charge in [-0.2, -0.15) is 5.26 Å². The summed E-state index contributed by atoms with van der Waals surface area (Å²) in [5.41, 5.74) is 3.12. The Morgan fingerprint density at radius 3 is 2.80 bits per heavy atom. The third-order valence-electron chi connectivity index (χ3n) is 4.63. The second-order valence-corrected chi connectivity index (χ2v) is 7.49. The van der Waals surface area contributed by atoms with Gasteiger partial charge in [0, 0.05) is 34.6 Å². The molecular weight excluding hydrogens is 402 g/mol. The SMILES string of the molecule is Cc1cc([N+](=O)[O-])c(C#N)cc1NC(=O)Cc1csc2nc(-c3ccccc3)cn12. The fraction of sp³-hybridized carbons (Fsp3) is 0.0952. The number of benzene rings is 2. The van der Waals surface area contributed by atoms with Crippen LogP contribution < -0.4 is 5.32 Å². The van der Waals surface area contributed by atoms with Crippen molar-refractivity contribution >= 4 is 33.6 Å². The molecule has 1 N–H and O–H groups in total. The largest absolute Gasteiger partial charge is 0.325 e. The zero-order valence-corrected chi connectivity index (χ0v) is 16.6. The highest BCUT2D eigenvalue weighted by molar-refractivity contribution is 7.15. The fourth-order valence-corrected chi connectivity index (χ4v) is 4.00. The molecule has 9 heteroatoms. The van der Waals surface area contributed by atoms with Gasteiger partial charge in [-0.1, -0.05) is 30.3 Å². The van der Waals surface area contributed by atoms with Crippen LogP contribution in [0.15, 0.2) is 54.0 Å². The predicted octanol–water partition coefficient (Wildman–Crippen LogP) is 4.33. The van der Waals surface area contributed by atoms with E-state index < -0.39 is 4.92 Å². The van der Waals surface area contributed by atoms with Gasteiger partial charge in [-0.05, 0) is 18.6 Å². The Balaban J connectivity index is 1.56. The highest BCUT2D eigenvalue weighted by atomic mass is 32.1. The van der Waals surface area contributed by atoms with Crippen molar-refractivity contribution < 1.29 is 9.72 Å². The molecule has 2 aromatic heterocycles. The third kappa shape index (κ3) is 3.64. The number of aromatic nitrogens is 2. The first-order valence-corrected chi connectivity index (χ1v) is 9.84. The van der Waals surface area contributed by atoms with Crippen LogP contribution in [0, 0.1) is 28.4 Å². The number of hydrogen-bond acceptors (Lipinski definition) is 6. The maximum atomic E-state index is 12.6. The second-order valence-electron chi connectivity index (χ2n) is 6.65. The van der Waals surface area contributed by atoms with E-state index in [9.17, 15) is 14.9 Å². The summed E-state index contributed by atoms with van der Waals surface area (Å²) in [5, 5.41) is 24.9. The number of aryl methyl sites for hydroxylation is 1. The fourth-order valence-electron chi connectivity index (χ4n) is 3.13. The first-order valence-electron chi connectivity index (χ1n) is 8.96.